The lowest BCUT2D eigenvalue weighted by atomic mass is 9.85. The lowest BCUT2D eigenvalue weighted by Crippen LogP contribution is -2.29. The summed E-state index contributed by atoms with van der Waals surface area (Å²) in [7, 11) is 0. The van der Waals surface area contributed by atoms with E-state index in [1.165, 1.54) is 17.8 Å². The molecule has 0 radical (unpaired) electrons. The Hall–Kier alpha value is -1.71. The number of amidine groups is 1. The Labute approximate surface area is 120 Å². The second-order valence-electron chi connectivity index (χ2n) is 5.80. The third kappa shape index (κ3) is 3.65. The van der Waals surface area contributed by atoms with Crippen molar-refractivity contribution in [1.82, 2.24) is 5.43 Å². The van der Waals surface area contributed by atoms with Gasteiger partial charge < -0.3 is 0 Å². The molecule has 0 saturated heterocycles. The van der Waals surface area contributed by atoms with Crippen LogP contribution in [0, 0.1) is 5.82 Å². The molecule has 0 aliphatic carbocycles. The van der Waals surface area contributed by atoms with Crippen molar-refractivity contribution in [2.45, 2.75) is 45.4 Å². The third-order valence-corrected chi connectivity index (χ3v) is 3.69. The van der Waals surface area contributed by atoms with Gasteiger partial charge in [-0.1, -0.05) is 32.9 Å². The normalized spacial score (nSPS) is 17.8. The fourth-order valence-corrected chi connectivity index (χ4v) is 2.17. The van der Waals surface area contributed by atoms with Crippen molar-refractivity contribution in [1.29, 1.82) is 0 Å². The summed E-state index contributed by atoms with van der Waals surface area (Å²) in [4.78, 5) is 4.63. The summed E-state index contributed by atoms with van der Waals surface area (Å²) in [5.41, 5.74) is 5.21. The largest absolute Gasteiger partial charge is 0.270 e. The molecule has 0 spiro atoms. The van der Waals surface area contributed by atoms with Crippen LogP contribution in [0.3, 0.4) is 0 Å². The third-order valence-electron chi connectivity index (χ3n) is 3.69. The molecule has 0 atom stereocenters. The Morgan fingerprint density at radius 3 is 2.50 bits per heavy atom. The highest BCUT2D eigenvalue weighted by Gasteiger charge is 2.21. The van der Waals surface area contributed by atoms with E-state index in [0.717, 1.165) is 30.7 Å². The first-order valence-corrected chi connectivity index (χ1v) is 7.12. The Morgan fingerprint density at radius 1 is 1.25 bits per heavy atom. The van der Waals surface area contributed by atoms with Crippen LogP contribution in [0.1, 0.15) is 45.6 Å². The summed E-state index contributed by atoms with van der Waals surface area (Å²) in [5.74, 6) is 0.739. The zero-order chi connectivity index (χ0) is 14.6. The Balaban J connectivity index is 2.02. The minimum absolute atomic E-state index is 0.114. The van der Waals surface area contributed by atoms with Crippen LogP contribution in [-0.2, 0) is 5.41 Å². The Kier molecular flexibility index (Phi) is 4.53. The fourth-order valence-electron chi connectivity index (χ4n) is 2.17. The minimum Gasteiger partial charge on any atom is -0.270 e. The van der Waals surface area contributed by atoms with Gasteiger partial charge >= 0.3 is 0 Å². The van der Waals surface area contributed by atoms with Crippen LogP contribution < -0.4 is 5.43 Å². The van der Waals surface area contributed by atoms with Crippen LogP contribution in [0.15, 0.2) is 34.4 Å². The van der Waals surface area contributed by atoms with E-state index in [1.54, 1.807) is 0 Å². The van der Waals surface area contributed by atoms with Crippen molar-refractivity contribution in [2.24, 2.45) is 10.1 Å². The number of hydrogen-bond acceptors (Lipinski definition) is 2. The smallest absolute Gasteiger partial charge is 0.123 e. The van der Waals surface area contributed by atoms with Gasteiger partial charge in [-0.05, 0) is 30.5 Å². The standard InChI is InChI=1S/C16H22FN3/c1-4-14-9-10-15(20-19-14)18-11-16(2,3)12-5-7-13(17)8-6-12/h5-8H,4,9-11H2,1-3H3,(H,18,20). The molecule has 1 aromatic carbocycles. The lowest BCUT2D eigenvalue weighted by molar-refractivity contribution is 0.535. The molecule has 3 nitrogen and oxygen atoms in total. The van der Waals surface area contributed by atoms with E-state index in [2.05, 4.69) is 36.3 Å². The molecule has 2 rings (SSSR count). The second-order valence-corrected chi connectivity index (χ2v) is 5.80. The van der Waals surface area contributed by atoms with E-state index in [0.29, 0.717) is 6.54 Å². The molecule has 0 fully saturated rings. The van der Waals surface area contributed by atoms with Gasteiger partial charge in [-0.2, -0.15) is 5.10 Å². The molecule has 0 bridgehead atoms. The van der Waals surface area contributed by atoms with Crippen molar-refractivity contribution in [2.75, 3.05) is 6.54 Å². The zero-order valence-corrected chi connectivity index (χ0v) is 12.4. The molecule has 0 aromatic heterocycles. The highest BCUT2D eigenvalue weighted by Crippen LogP contribution is 2.24. The van der Waals surface area contributed by atoms with Gasteiger partial charge in [0.25, 0.3) is 0 Å². The number of halogens is 1. The average Bonchev–Trinajstić information content (AvgIpc) is 2.46. The Bertz CT molecular complexity index is 515. The van der Waals surface area contributed by atoms with Crippen LogP contribution in [0.4, 0.5) is 4.39 Å². The van der Waals surface area contributed by atoms with Gasteiger partial charge in [0.15, 0.2) is 0 Å². The molecule has 20 heavy (non-hydrogen) atoms. The Morgan fingerprint density at radius 2 is 1.95 bits per heavy atom. The minimum atomic E-state index is -0.203. The average molecular weight is 275 g/mol. The van der Waals surface area contributed by atoms with Gasteiger partial charge in [-0.25, -0.2) is 4.39 Å². The van der Waals surface area contributed by atoms with Crippen LogP contribution in [0.25, 0.3) is 0 Å². The highest BCUT2D eigenvalue weighted by molar-refractivity contribution is 5.94. The van der Waals surface area contributed by atoms with Gasteiger partial charge in [-0.15, -0.1) is 0 Å². The number of aliphatic imine (C=N–C) groups is 1. The van der Waals surface area contributed by atoms with Crippen molar-refractivity contribution in [3.05, 3.63) is 35.6 Å². The molecule has 1 aliphatic heterocycles. The van der Waals surface area contributed by atoms with E-state index < -0.39 is 0 Å². The van der Waals surface area contributed by atoms with E-state index in [9.17, 15) is 4.39 Å². The van der Waals surface area contributed by atoms with Crippen LogP contribution in [0.5, 0.6) is 0 Å². The predicted molar refractivity (Wildman–Crippen MR) is 81.8 cm³/mol. The molecule has 0 unspecified atom stereocenters. The summed E-state index contributed by atoms with van der Waals surface area (Å²) in [5, 5.41) is 4.30. The van der Waals surface area contributed by atoms with Crippen molar-refractivity contribution in [3.8, 4) is 0 Å². The quantitative estimate of drug-likeness (QED) is 0.894. The number of benzene rings is 1. The topological polar surface area (TPSA) is 36.8 Å². The van der Waals surface area contributed by atoms with Crippen LogP contribution >= 0.6 is 0 Å². The van der Waals surface area contributed by atoms with E-state index in [4.69, 9.17) is 0 Å². The molecule has 0 amide bonds. The van der Waals surface area contributed by atoms with Crippen molar-refractivity contribution < 1.29 is 4.39 Å². The molecule has 1 aliphatic rings. The summed E-state index contributed by atoms with van der Waals surface area (Å²) in [6, 6.07) is 6.66. The summed E-state index contributed by atoms with van der Waals surface area (Å²) >= 11 is 0. The molecule has 1 aromatic rings. The molecule has 1 heterocycles. The van der Waals surface area contributed by atoms with Gasteiger partial charge in [0.1, 0.15) is 11.7 Å². The van der Waals surface area contributed by atoms with E-state index in [1.807, 2.05) is 12.1 Å². The van der Waals surface area contributed by atoms with Gasteiger partial charge in [0.05, 0.1) is 6.54 Å². The maximum atomic E-state index is 13.0. The lowest BCUT2D eigenvalue weighted by Gasteiger charge is -2.24. The zero-order valence-electron chi connectivity index (χ0n) is 12.4. The van der Waals surface area contributed by atoms with Gasteiger partial charge in [-0.3, -0.25) is 10.4 Å². The fraction of sp³-hybridized carbons (Fsp3) is 0.500. The van der Waals surface area contributed by atoms with E-state index >= 15 is 0 Å². The van der Waals surface area contributed by atoms with Crippen molar-refractivity contribution >= 4 is 11.5 Å². The molecule has 1 N–H and O–H groups in total. The van der Waals surface area contributed by atoms with Crippen LogP contribution in [0.2, 0.25) is 0 Å². The number of nitrogens with zero attached hydrogens (tertiary/aromatic N) is 2. The van der Waals surface area contributed by atoms with Gasteiger partial charge in [0, 0.05) is 17.5 Å². The monoisotopic (exact) mass is 275 g/mol. The summed E-state index contributed by atoms with van der Waals surface area (Å²) in [6.45, 7) is 7.01. The SMILES string of the molecule is CCC1=NNC(=NCC(C)(C)c2ccc(F)cc2)CC1. The first-order chi connectivity index (χ1) is 9.51. The molecular weight excluding hydrogens is 253 g/mol. The molecule has 108 valence electrons. The first kappa shape index (κ1) is 14.7. The number of hydrazone groups is 1. The second kappa shape index (κ2) is 6.16. The maximum absolute atomic E-state index is 13.0. The van der Waals surface area contributed by atoms with Crippen molar-refractivity contribution in [3.63, 3.8) is 0 Å². The maximum Gasteiger partial charge on any atom is 0.123 e. The summed E-state index contributed by atoms with van der Waals surface area (Å²) in [6.07, 6.45) is 2.90. The molecule has 4 heteroatoms. The number of rotatable bonds is 4. The van der Waals surface area contributed by atoms with E-state index in [-0.39, 0.29) is 11.2 Å². The highest BCUT2D eigenvalue weighted by atomic mass is 19.1. The van der Waals surface area contributed by atoms with Crippen LogP contribution in [-0.4, -0.2) is 18.1 Å². The predicted octanol–water partition coefficient (Wildman–Crippen LogP) is 3.65. The summed E-state index contributed by atoms with van der Waals surface area (Å²) < 4.78 is 13.0. The number of nitrogens with one attached hydrogen (secondary N) is 1. The van der Waals surface area contributed by atoms with Gasteiger partial charge in [0.2, 0.25) is 0 Å². The first-order valence-electron chi connectivity index (χ1n) is 7.12. The number of hydrogen-bond donors (Lipinski definition) is 1. The molecule has 0 saturated carbocycles. The molecular formula is C16H22FN3.